The first-order chi connectivity index (χ1) is 15.1. The number of nitrogens with one attached hydrogen (secondary N) is 2. The van der Waals surface area contributed by atoms with Crippen LogP contribution in [0.15, 0.2) is 48.5 Å². The number of hydrogen-bond donors (Lipinski definition) is 3. The topological polar surface area (TPSA) is 104 Å². The van der Waals surface area contributed by atoms with Crippen LogP contribution < -0.4 is 5.32 Å². The Labute approximate surface area is 183 Å². The molecular formula is C21H18F3N5O2S. The number of hydrogen-bond acceptors (Lipinski definition) is 5. The zero-order chi connectivity index (χ0) is 23.0. The smallest absolute Gasteiger partial charge is 0.323 e. The van der Waals surface area contributed by atoms with Crippen molar-refractivity contribution in [2.45, 2.75) is 25.0 Å². The standard InChI is InChI=1S/C21H18F3N5O2S/c1-11-9-18(29-28-11)26-19-16-8-3-13(12(2)32(30)31)10-17(16)25-20(27-19)21(23,24)14-4-6-15(22)7-5-14/h3-10,12H,1-2H3,(H,30,31)(H2,25,26,27,28,29). The number of halogens is 3. The predicted molar refractivity (Wildman–Crippen MR) is 115 cm³/mol. The van der Waals surface area contributed by atoms with E-state index >= 15 is 8.78 Å². The van der Waals surface area contributed by atoms with E-state index in [2.05, 4.69) is 25.5 Å². The molecule has 2 aromatic heterocycles. The lowest BCUT2D eigenvalue weighted by Gasteiger charge is -2.18. The highest BCUT2D eigenvalue weighted by molar-refractivity contribution is 7.79. The van der Waals surface area contributed by atoms with Crippen LogP contribution in [0, 0.1) is 12.7 Å². The minimum Gasteiger partial charge on any atom is -0.323 e. The Hall–Kier alpha value is -3.31. The number of anilines is 2. The van der Waals surface area contributed by atoms with E-state index in [0.717, 1.165) is 30.0 Å². The van der Waals surface area contributed by atoms with Crippen LogP contribution >= 0.6 is 0 Å². The maximum Gasteiger partial charge on any atom is 0.331 e. The predicted octanol–water partition coefficient (Wildman–Crippen LogP) is 4.97. The van der Waals surface area contributed by atoms with Crippen molar-refractivity contribution in [3.63, 3.8) is 0 Å². The van der Waals surface area contributed by atoms with Gasteiger partial charge in [0.1, 0.15) is 11.6 Å². The largest absolute Gasteiger partial charge is 0.331 e. The molecule has 0 fully saturated rings. The summed E-state index contributed by atoms with van der Waals surface area (Å²) in [7, 11) is 0. The molecule has 166 valence electrons. The summed E-state index contributed by atoms with van der Waals surface area (Å²) in [5, 5.41) is 9.38. The average Bonchev–Trinajstić information content (AvgIpc) is 3.17. The molecule has 0 aliphatic heterocycles. The van der Waals surface area contributed by atoms with E-state index in [1.165, 1.54) is 13.0 Å². The molecule has 3 N–H and O–H groups in total. The molecule has 0 saturated heterocycles. The molecular weight excluding hydrogens is 443 g/mol. The van der Waals surface area contributed by atoms with Crippen LogP contribution in [0.25, 0.3) is 10.9 Å². The third kappa shape index (κ3) is 4.21. The molecule has 4 aromatic rings. The van der Waals surface area contributed by atoms with Gasteiger partial charge in [-0.25, -0.2) is 18.6 Å². The number of aromatic amines is 1. The second-order valence-corrected chi connectivity index (χ2v) is 8.49. The highest BCUT2D eigenvalue weighted by atomic mass is 32.2. The van der Waals surface area contributed by atoms with E-state index in [1.807, 2.05) is 0 Å². The highest BCUT2D eigenvalue weighted by Crippen LogP contribution is 2.36. The van der Waals surface area contributed by atoms with Gasteiger partial charge in [0.25, 0.3) is 0 Å². The third-order valence-corrected chi connectivity index (χ3v) is 5.81. The minimum atomic E-state index is -3.62. The number of alkyl halides is 2. The summed E-state index contributed by atoms with van der Waals surface area (Å²) in [6.45, 7) is 3.32. The van der Waals surface area contributed by atoms with Crippen molar-refractivity contribution in [3.05, 3.63) is 77.0 Å². The fourth-order valence-corrected chi connectivity index (χ4v) is 3.52. The molecule has 2 atom stereocenters. The first-order valence-corrected chi connectivity index (χ1v) is 10.7. The highest BCUT2D eigenvalue weighted by Gasteiger charge is 2.38. The summed E-state index contributed by atoms with van der Waals surface area (Å²) in [5.74, 6) is -4.62. The van der Waals surface area contributed by atoms with E-state index in [0.29, 0.717) is 16.8 Å². The second kappa shape index (κ2) is 8.32. The lowest BCUT2D eigenvalue weighted by atomic mass is 10.1. The SMILES string of the molecule is Cc1cc(Nc2nc(C(F)(F)c3ccc(F)cc3)nc3cc(C(C)S(=O)O)ccc23)n[nH]1. The molecule has 0 saturated carbocycles. The number of rotatable bonds is 6. The summed E-state index contributed by atoms with van der Waals surface area (Å²) < 4.78 is 64.7. The molecule has 0 amide bonds. The zero-order valence-corrected chi connectivity index (χ0v) is 17.8. The molecule has 2 unspecified atom stereocenters. The molecule has 0 spiro atoms. The van der Waals surface area contributed by atoms with Crippen LogP contribution in [-0.4, -0.2) is 28.9 Å². The van der Waals surface area contributed by atoms with Gasteiger partial charge in [0.15, 0.2) is 16.9 Å². The van der Waals surface area contributed by atoms with Gasteiger partial charge < -0.3 is 9.87 Å². The molecule has 7 nitrogen and oxygen atoms in total. The molecule has 32 heavy (non-hydrogen) atoms. The van der Waals surface area contributed by atoms with Crippen LogP contribution in [0.1, 0.15) is 34.8 Å². The Balaban J connectivity index is 1.89. The molecule has 0 aliphatic carbocycles. The summed E-state index contributed by atoms with van der Waals surface area (Å²) in [5.41, 5.74) is 0.890. The fourth-order valence-electron chi connectivity index (χ4n) is 3.14. The van der Waals surface area contributed by atoms with Gasteiger partial charge in [-0.2, -0.15) is 13.9 Å². The maximum atomic E-state index is 15.3. The van der Waals surface area contributed by atoms with Crippen LogP contribution in [-0.2, 0) is 17.0 Å². The van der Waals surface area contributed by atoms with Gasteiger partial charge in [-0.1, -0.05) is 6.07 Å². The third-order valence-electron chi connectivity index (χ3n) is 4.93. The number of benzene rings is 2. The van der Waals surface area contributed by atoms with Crippen molar-refractivity contribution in [3.8, 4) is 0 Å². The molecule has 0 radical (unpaired) electrons. The first kappa shape index (κ1) is 21.9. The van der Waals surface area contributed by atoms with Crippen LogP contribution in [0.5, 0.6) is 0 Å². The number of H-pyrrole nitrogens is 1. The Kier molecular flexibility index (Phi) is 5.70. The van der Waals surface area contributed by atoms with Gasteiger partial charge in [-0.3, -0.25) is 5.10 Å². The van der Waals surface area contributed by atoms with E-state index in [1.54, 1.807) is 25.1 Å². The number of aromatic nitrogens is 4. The quantitative estimate of drug-likeness (QED) is 0.351. The summed E-state index contributed by atoms with van der Waals surface area (Å²) in [6, 6.07) is 10.2. The zero-order valence-electron chi connectivity index (χ0n) is 16.9. The van der Waals surface area contributed by atoms with Crippen molar-refractivity contribution < 1.29 is 21.9 Å². The van der Waals surface area contributed by atoms with Gasteiger partial charge in [-0.15, -0.1) is 0 Å². The molecule has 4 rings (SSSR count). The van der Waals surface area contributed by atoms with Gasteiger partial charge in [0, 0.05) is 22.7 Å². The lowest BCUT2D eigenvalue weighted by molar-refractivity contribution is 0.0333. The Bertz CT molecular complexity index is 1310. The Morgan fingerprint density at radius 2 is 1.84 bits per heavy atom. The molecule has 2 heterocycles. The minimum absolute atomic E-state index is 0.0858. The normalized spacial score (nSPS) is 13.8. The maximum absolute atomic E-state index is 15.3. The summed E-state index contributed by atoms with van der Waals surface area (Å²) in [4.78, 5) is 8.11. The summed E-state index contributed by atoms with van der Waals surface area (Å²) >= 11 is -2.15. The first-order valence-electron chi connectivity index (χ1n) is 9.50. The van der Waals surface area contributed by atoms with Crippen LogP contribution in [0.2, 0.25) is 0 Å². The van der Waals surface area contributed by atoms with Crippen molar-refractivity contribution >= 4 is 33.6 Å². The van der Waals surface area contributed by atoms with E-state index in [9.17, 15) is 13.2 Å². The second-order valence-electron chi connectivity index (χ2n) is 7.23. The van der Waals surface area contributed by atoms with Gasteiger partial charge in [-0.05, 0) is 55.8 Å². The molecule has 11 heteroatoms. The fraction of sp³-hybridized carbons (Fsp3) is 0.190. The van der Waals surface area contributed by atoms with E-state index < -0.39 is 39.5 Å². The number of nitrogens with zero attached hydrogens (tertiary/aromatic N) is 3. The van der Waals surface area contributed by atoms with Crippen LogP contribution in [0.3, 0.4) is 0 Å². The monoisotopic (exact) mass is 461 g/mol. The van der Waals surface area contributed by atoms with Crippen molar-refractivity contribution in [2.24, 2.45) is 0 Å². The molecule has 2 aromatic carbocycles. The van der Waals surface area contributed by atoms with E-state index in [-0.39, 0.29) is 11.3 Å². The van der Waals surface area contributed by atoms with Crippen molar-refractivity contribution in [1.29, 1.82) is 0 Å². The molecule has 0 bridgehead atoms. The summed E-state index contributed by atoms with van der Waals surface area (Å²) in [6.07, 6.45) is 0. The number of fused-ring (bicyclic) bond motifs is 1. The van der Waals surface area contributed by atoms with Crippen LogP contribution in [0.4, 0.5) is 24.8 Å². The van der Waals surface area contributed by atoms with Gasteiger partial charge >= 0.3 is 5.92 Å². The van der Waals surface area contributed by atoms with E-state index in [4.69, 9.17) is 0 Å². The van der Waals surface area contributed by atoms with Crippen molar-refractivity contribution in [2.75, 3.05) is 5.32 Å². The van der Waals surface area contributed by atoms with Crippen molar-refractivity contribution in [1.82, 2.24) is 20.2 Å². The number of aryl methyl sites for hydroxylation is 1. The average molecular weight is 461 g/mol. The molecule has 0 aliphatic rings. The Morgan fingerprint density at radius 3 is 2.47 bits per heavy atom. The van der Waals surface area contributed by atoms with Gasteiger partial charge in [0.05, 0.1) is 10.8 Å². The van der Waals surface area contributed by atoms with Gasteiger partial charge in [0.2, 0.25) is 5.82 Å². The lowest BCUT2D eigenvalue weighted by Crippen LogP contribution is -2.20. The Morgan fingerprint density at radius 1 is 1.12 bits per heavy atom.